The molecule has 0 bridgehead atoms. The summed E-state index contributed by atoms with van der Waals surface area (Å²) < 4.78 is 0. The summed E-state index contributed by atoms with van der Waals surface area (Å²) in [7, 11) is 0. The SMILES string of the molecule is CC(=O)Nc1cccc(-c2cc(O)ccc2C(=O)NCCc2ccc(C(C)(C)C)cc2)c1. The van der Waals surface area contributed by atoms with E-state index >= 15 is 0 Å². The molecule has 0 aliphatic carbocycles. The van der Waals surface area contributed by atoms with Crippen molar-refractivity contribution in [2.24, 2.45) is 0 Å². The number of aromatic hydroxyl groups is 1. The standard InChI is InChI=1S/C27H30N2O3/c1-18(30)29-22-7-5-6-20(16-22)25-17-23(31)12-13-24(25)26(32)28-15-14-19-8-10-21(11-9-19)27(2,3)4/h5-13,16-17,31H,14-15H2,1-4H3,(H,28,32)(H,29,30). The lowest BCUT2D eigenvalue weighted by molar-refractivity contribution is -0.114. The predicted octanol–water partition coefficient (Wildman–Crippen LogP) is 5.29. The molecule has 0 saturated heterocycles. The van der Waals surface area contributed by atoms with E-state index < -0.39 is 0 Å². The Labute approximate surface area is 189 Å². The molecule has 0 spiro atoms. The first kappa shape index (κ1) is 23.1. The highest BCUT2D eigenvalue weighted by atomic mass is 16.3. The van der Waals surface area contributed by atoms with Gasteiger partial charge in [0.05, 0.1) is 0 Å². The summed E-state index contributed by atoms with van der Waals surface area (Å²) in [6.07, 6.45) is 0.724. The molecule has 0 aliphatic rings. The van der Waals surface area contributed by atoms with Crippen LogP contribution >= 0.6 is 0 Å². The number of hydrogen-bond acceptors (Lipinski definition) is 3. The molecular weight excluding hydrogens is 400 g/mol. The number of carbonyl (C=O) groups excluding carboxylic acids is 2. The predicted molar refractivity (Wildman–Crippen MR) is 129 cm³/mol. The first-order valence-electron chi connectivity index (χ1n) is 10.7. The van der Waals surface area contributed by atoms with Gasteiger partial charge in [-0.05, 0) is 64.4 Å². The Hall–Kier alpha value is -3.60. The van der Waals surface area contributed by atoms with Crippen molar-refractivity contribution in [3.63, 3.8) is 0 Å². The van der Waals surface area contributed by atoms with Crippen LogP contribution in [-0.4, -0.2) is 23.5 Å². The van der Waals surface area contributed by atoms with E-state index in [0.29, 0.717) is 23.4 Å². The third kappa shape index (κ3) is 5.97. The van der Waals surface area contributed by atoms with E-state index in [-0.39, 0.29) is 23.0 Å². The fourth-order valence-corrected chi connectivity index (χ4v) is 3.52. The van der Waals surface area contributed by atoms with Crippen LogP contribution in [0.1, 0.15) is 49.2 Å². The molecule has 0 atom stereocenters. The summed E-state index contributed by atoms with van der Waals surface area (Å²) in [6, 6.07) is 20.4. The van der Waals surface area contributed by atoms with Crippen molar-refractivity contribution in [2.75, 3.05) is 11.9 Å². The van der Waals surface area contributed by atoms with E-state index in [1.807, 2.05) is 6.07 Å². The van der Waals surface area contributed by atoms with Crippen molar-refractivity contribution in [1.82, 2.24) is 5.32 Å². The molecule has 0 heterocycles. The van der Waals surface area contributed by atoms with Gasteiger partial charge < -0.3 is 15.7 Å². The number of hydrogen-bond donors (Lipinski definition) is 3. The van der Waals surface area contributed by atoms with Crippen LogP contribution < -0.4 is 10.6 Å². The molecule has 0 aromatic heterocycles. The van der Waals surface area contributed by atoms with Crippen LogP contribution in [0, 0.1) is 0 Å². The maximum atomic E-state index is 12.9. The molecule has 3 aromatic carbocycles. The van der Waals surface area contributed by atoms with Crippen LogP contribution in [0.4, 0.5) is 5.69 Å². The van der Waals surface area contributed by atoms with Crippen LogP contribution in [0.5, 0.6) is 5.75 Å². The molecule has 0 saturated carbocycles. The summed E-state index contributed by atoms with van der Waals surface area (Å²) in [4.78, 5) is 24.3. The third-order valence-corrected chi connectivity index (χ3v) is 5.26. The molecule has 0 fully saturated rings. The van der Waals surface area contributed by atoms with E-state index in [1.165, 1.54) is 18.6 Å². The van der Waals surface area contributed by atoms with Crippen LogP contribution in [0.25, 0.3) is 11.1 Å². The van der Waals surface area contributed by atoms with Crippen molar-refractivity contribution in [3.8, 4) is 16.9 Å². The monoisotopic (exact) mass is 430 g/mol. The van der Waals surface area contributed by atoms with Gasteiger partial charge in [0, 0.05) is 24.7 Å². The Kier molecular flexibility index (Phi) is 6.98. The van der Waals surface area contributed by atoms with Gasteiger partial charge >= 0.3 is 0 Å². The Morgan fingerprint density at radius 1 is 0.938 bits per heavy atom. The van der Waals surface area contributed by atoms with E-state index in [1.54, 1.807) is 30.3 Å². The smallest absolute Gasteiger partial charge is 0.251 e. The molecule has 0 radical (unpaired) electrons. The molecule has 2 amide bonds. The summed E-state index contributed by atoms with van der Waals surface area (Å²) in [5, 5.41) is 15.7. The fraction of sp³-hybridized carbons (Fsp3) is 0.259. The molecule has 0 aliphatic heterocycles. The highest BCUT2D eigenvalue weighted by Crippen LogP contribution is 2.29. The summed E-state index contributed by atoms with van der Waals surface area (Å²) in [6.45, 7) is 8.49. The van der Waals surface area contributed by atoms with Crippen molar-refractivity contribution >= 4 is 17.5 Å². The second-order valence-electron chi connectivity index (χ2n) is 8.94. The minimum absolute atomic E-state index is 0.0698. The van der Waals surface area contributed by atoms with Gasteiger partial charge in [0.1, 0.15) is 5.75 Å². The number of benzene rings is 3. The van der Waals surface area contributed by atoms with Gasteiger partial charge in [-0.2, -0.15) is 0 Å². The maximum absolute atomic E-state index is 12.9. The topological polar surface area (TPSA) is 78.4 Å². The first-order valence-corrected chi connectivity index (χ1v) is 10.7. The summed E-state index contributed by atoms with van der Waals surface area (Å²) in [5.41, 5.74) is 4.97. The van der Waals surface area contributed by atoms with Gasteiger partial charge in [-0.1, -0.05) is 57.2 Å². The van der Waals surface area contributed by atoms with E-state index in [9.17, 15) is 14.7 Å². The highest BCUT2D eigenvalue weighted by Gasteiger charge is 2.15. The molecule has 0 unspecified atom stereocenters. The lowest BCUT2D eigenvalue weighted by Crippen LogP contribution is -2.26. The zero-order valence-corrected chi connectivity index (χ0v) is 19.0. The summed E-state index contributed by atoms with van der Waals surface area (Å²) in [5.74, 6) is -0.316. The quantitative estimate of drug-likeness (QED) is 0.497. The zero-order valence-electron chi connectivity index (χ0n) is 19.0. The van der Waals surface area contributed by atoms with Gasteiger partial charge in [-0.3, -0.25) is 9.59 Å². The largest absolute Gasteiger partial charge is 0.508 e. The third-order valence-electron chi connectivity index (χ3n) is 5.26. The number of rotatable bonds is 6. The maximum Gasteiger partial charge on any atom is 0.251 e. The average Bonchev–Trinajstić information content (AvgIpc) is 2.73. The average molecular weight is 431 g/mol. The molecule has 166 valence electrons. The molecule has 32 heavy (non-hydrogen) atoms. The van der Waals surface area contributed by atoms with Crippen LogP contribution in [0.15, 0.2) is 66.7 Å². The van der Waals surface area contributed by atoms with Gasteiger partial charge in [-0.25, -0.2) is 0 Å². The molecule has 5 heteroatoms. The minimum atomic E-state index is -0.212. The van der Waals surface area contributed by atoms with E-state index in [0.717, 1.165) is 17.5 Å². The second kappa shape index (κ2) is 9.69. The Morgan fingerprint density at radius 2 is 1.66 bits per heavy atom. The van der Waals surface area contributed by atoms with E-state index in [2.05, 4.69) is 55.7 Å². The number of phenols is 1. The van der Waals surface area contributed by atoms with Gasteiger partial charge in [0.25, 0.3) is 5.91 Å². The number of amides is 2. The Bertz CT molecular complexity index is 1110. The fourth-order valence-electron chi connectivity index (χ4n) is 3.52. The molecule has 5 nitrogen and oxygen atoms in total. The van der Waals surface area contributed by atoms with E-state index in [4.69, 9.17) is 0 Å². The number of carbonyl (C=O) groups is 2. The lowest BCUT2D eigenvalue weighted by atomic mass is 9.86. The Balaban J connectivity index is 1.73. The summed E-state index contributed by atoms with van der Waals surface area (Å²) >= 11 is 0. The lowest BCUT2D eigenvalue weighted by Gasteiger charge is -2.19. The number of nitrogens with one attached hydrogen (secondary N) is 2. The highest BCUT2D eigenvalue weighted by molar-refractivity contribution is 6.01. The minimum Gasteiger partial charge on any atom is -0.508 e. The Morgan fingerprint density at radius 3 is 2.31 bits per heavy atom. The molecular formula is C27H30N2O3. The van der Waals surface area contributed by atoms with Gasteiger partial charge in [0.2, 0.25) is 5.91 Å². The van der Waals surface area contributed by atoms with Crippen molar-refractivity contribution in [3.05, 3.63) is 83.4 Å². The van der Waals surface area contributed by atoms with Crippen LogP contribution in [0.2, 0.25) is 0 Å². The van der Waals surface area contributed by atoms with Crippen molar-refractivity contribution < 1.29 is 14.7 Å². The molecule has 3 rings (SSSR count). The van der Waals surface area contributed by atoms with Crippen LogP contribution in [0.3, 0.4) is 0 Å². The second-order valence-corrected chi connectivity index (χ2v) is 8.94. The normalized spacial score (nSPS) is 11.1. The van der Waals surface area contributed by atoms with Gasteiger partial charge in [-0.15, -0.1) is 0 Å². The molecule has 3 N–H and O–H groups in total. The number of phenolic OH excluding ortho intramolecular Hbond substituents is 1. The number of anilines is 1. The zero-order chi connectivity index (χ0) is 23.3. The molecule has 3 aromatic rings. The van der Waals surface area contributed by atoms with Crippen molar-refractivity contribution in [1.29, 1.82) is 0 Å². The van der Waals surface area contributed by atoms with Crippen LogP contribution in [-0.2, 0) is 16.6 Å². The van der Waals surface area contributed by atoms with Crippen molar-refractivity contribution in [2.45, 2.75) is 39.5 Å². The first-order chi connectivity index (χ1) is 15.1. The van der Waals surface area contributed by atoms with Gasteiger partial charge in [0.15, 0.2) is 0 Å².